The quantitative estimate of drug-likeness (QED) is 0.137. The lowest BCUT2D eigenvalue weighted by Crippen LogP contribution is -2.69. The molecular weight excluding hydrogens is 561 g/mol. The van der Waals surface area contributed by atoms with Crippen LogP contribution in [0.25, 0.3) is 0 Å². The van der Waals surface area contributed by atoms with Crippen molar-refractivity contribution in [3.8, 4) is 0 Å². The molecule has 34 heavy (non-hydrogen) atoms. The predicted molar refractivity (Wildman–Crippen MR) is 133 cm³/mol. The number of likely N-dealkylation sites (N-methyl/N-ethyl adjacent to an activating group) is 2. The van der Waals surface area contributed by atoms with Crippen LogP contribution in [0.15, 0.2) is 9.34 Å². The summed E-state index contributed by atoms with van der Waals surface area (Å²) < 4.78 is 24.7. The summed E-state index contributed by atoms with van der Waals surface area (Å²) in [6.45, 7) is 4.30. The largest absolute Gasteiger partial charge is 0.465 e. The average Bonchev–Trinajstić information content (AvgIpc) is 2.76. The van der Waals surface area contributed by atoms with E-state index in [2.05, 4.69) is 33.2 Å². The van der Waals surface area contributed by atoms with Crippen LogP contribution in [0.1, 0.15) is 26.7 Å². The Balaban J connectivity index is 1.76. The van der Waals surface area contributed by atoms with Gasteiger partial charge >= 0.3 is 0 Å². The Hall–Kier alpha value is -0.170. The number of rotatable bonds is 8. The van der Waals surface area contributed by atoms with Crippen molar-refractivity contribution in [2.45, 2.75) is 93.5 Å². The van der Waals surface area contributed by atoms with E-state index in [9.17, 15) is 15.3 Å². The van der Waals surface area contributed by atoms with E-state index in [1.165, 1.54) is 0 Å². The van der Waals surface area contributed by atoms with Crippen LogP contribution in [0.5, 0.6) is 0 Å². The number of hydrogen-bond acceptors (Lipinski definition) is 12. The minimum Gasteiger partial charge on any atom is -0.465 e. The van der Waals surface area contributed by atoms with Crippen molar-refractivity contribution in [3.05, 3.63) is 9.34 Å². The van der Waals surface area contributed by atoms with Gasteiger partial charge in [0.2, 0.25) is 6.29 Å². The van der Waals surface area contributed by atoms with Gasteiger partial charge in [0.25, 0.3) is 0 Å². The van der Waals surface area contributed by atoms with Gasteiger partial charge in [0.05, 0.1) is 25.2 Å². The van der Waals surface area contributed by atoms with Crippen LogP contribution >= 0.6 is 22.6 Å². The lowest BCUT2D eigenvalue weighted by atomic mass is 9.83. The second-order valence-corrected chi connectivity index (χ2v) is 10.7. The highest BCUT2D eigenvalue weighted by atomic mass is 127. The monoisotopic (exact) mass is 601 g/mol. The van der Waals surface area contributed by atoms with Crippen LogP contribution in [-0.4, -0.2) is 109 Å². The van der Waals surface area contributed by atoms with Crippen molar-refractivity contribution < 1.29 is 34.3 Å². The second-order valence-electron chi connectivity index (χ2n) is 9.44. The Morgan fingerprint density at radius 2 is 1.82 bits per heavy atom. The van der Waals surface area contributed by atoms with Crippen molar-refractivity contribution >= 4 is 22.6 Å². The molecule has 0 radical (unpaired) electrons. The van der Waals surface area contributed by atoms with E-state index in [0.29, 0.717) is 25.1 Å². The highest BCUT2D eigenvalue weighted by Gasteiger charge is 2.51. The molecule has 0 aromatic rings. The topological polar surface area (TPSA) is 200 Å². The fraction of sp³-hybridized carbons (Fsp3) is 0.905. The SMILES string of the molecule is CCN[C@@H]1C[C@H](N)[C@@H](O[C@H]2OC(CN)=C(I)C[C@H]2N)[C@H](O)[C@H]1O[C@H]1OC[C@](C)(O)[C@H](NC)[C@H]1O. The molecule has 0 aromatic heterocycles. The standard InChI is InChI=1S/C21H40IN5O7/c1-4-27-12-6-10(24)16(33-19-11(25)5-9(22)13(7-23)32-19)14(28)17(12)34-20-15(29)18(26-3)21(2,30)8-31-20/h10-12,14-20,26-30H,4-8,23-25H2,1-3H3/t10-,11+,12+,14-,15+,16+,17-,18+,19+,20+,21-/m0/s1. The van der Waals surface area contributed by atoms with Crippen LogP contribution in [-0.2, 0) is 18.9 Å². The highest BCUT2D eigenvalue weighted by Crippen LogP contribution is 2.33. The van der Waals surface area contributed by atoms with E-state index in [0.717, 1.165) is 3.58 Å². The average molecular weight is 601 g/mol. The molecule has 0 aromatic carbocycles. The van der Waals surface area contributed by atoms with Gasteiger partial charge in [-0.3, -0.25) is 0 Å². The zero-order valence-electron chi connectivity index (χ0n) is 19.9. The lowest BCUT2D eigenvalue weighted by molar-refractivity contribution is -0.304. The first kappa shape index (κ1) is 28.4. The highest BCUT2D eigenvalue weighted by molar-refractivity contribution is 14.1. The Morgan fingerprint density at radius 3 is 2.44 bits per heavy atom. The molecule has 12 nitrogen and oxygen atoms in total. The molecule has 0 bridgehead atoms. The number of aliphatic hydroxyl groups is 3. The fourth-order valence-electron chi connectivity index (χ4n) is 4.93. The molecular formula is C21H40IN5O7. The van der Waals surface area contributed by atoms with Gasteiger partial charge < -0.3 is 62.1 Å². The zero-order chi connectivity index (χ0) is 25.2. The van der Waals surface area contributed by atoms with Gasteiger partial charge in [-0.25, -0.2) is 0 Å². The maximum Gasteiger partial charge on any atom is 0.215 e. The maximum atomic E-state index is 11.3. The minimum absolute atomic E-state index is 0.0496. The summed E-state index contributed by atoms with van der Waals surface area (Å²) in [7, 11) is 1.64. The first-order valence-corrected chi connectivity index (χ1v) is 12.8. The first-order valence-electron chi connectivity index (χ1n) is 11.7. The molecule has 1 saturated carbocycles. The number of aliphatic hydroxyl groups excluding tert-OH is 2. The van der Waals surface area contributed by atoms with E-state index in [4.69, 9.17) is 36.1 Å². The van der Waals surface area contributed by atoms with Crippen LogP contribution in [0.2, 0.25) is 0 Å². The third-order valence-electron chi connectivity index (χ3n) is 6.72. The lowest BCUT2D eigenvalue weighted by Gasteiger charge is -2.49. The van der Waals surface area contributed by atoms with E-state index < -0.39 is 60.7 Å². The zero-order valence-corrected chi connectivity index (χ0v) is 22.1. The van der Waals surface area contributed by atoms with Crippen LogP contribution in [0.3, 0.4) is 0 Å². The van der Waals surface area contributed by atoms with Gasteiger partial charge in [0.15, 0.2) is 6.29 Å². The summed E-state index contributed by atoms with van der Waals surface area (Å²) in [5.41, 5.74) is 17.1. The summed E-state index contributed by atoms with van der Waals surface area (Å²) in [5, 5.41) is 38.9. The molecule has 198 valence electrons. The Kier molecular flexibility index (Phi) is 9.96. The Morgan fingerprint density at radius 1 is 1.15 bits per heavy atom. The molecule has 2 fully saturated rings. The van der Waals surface area contributed by atoms with Crippen molar-refractivity contribution in [1.82, 2.24) is 10.6 Å². The van der Waals surface area contributed by atoms with Crippen molar-refractivity contribution in [2.24, 2.45) is 17.2 Å². The van der Waals surface area contributed by atoms with Crippen LogP contribution < -0.4 is 27.8 Å². The van der Waals surface area contributed by atoms with Gasteiger partial charge in [-0.1, -0.05) is 6.92 Å². The Bertz CT molecular complexity index is 717. The molecule has 13 heteroatoms. The molecule has 2 aliphatic heterocycles. The van der Waals surface area contributed by atoms with Crippen molar-refractivity contribution in [3.63, 3.8) is 0 Å². The summed E-state index contributed by atoms with van der Waals surface area (Å²) >= 11 is 2.15. The minimum atomic E-state index is -1.28. The molecule has 11 atom stereocenters. The number of hydrogen-bond donors (Lipinski definition) is 8. The van der Waals surface area contributed by atoms with Gasteiger partial charge in [0, 0.05) is 22.1 Å². The summed E-state index contributed by atoms with van der Waals surface area (Å²) in [5.74, 6) is 0.605. The summed E-state index contributed by atoms with van der Waals surface area (Å²) in [6.07, 6.45) is -4.90. The molecule has 1 saturated heterocycles. The van der Waals surface area contributed by atoms with Crippen LogP contribution in [0, 0.1) is 0 Å². The predicted octanol–water partition coefficient (Wildman–Crippen LogP) is -2.44. The third kappa shape index (κ3) is 6.03. The third-order valence-corrected chi connectivity index (χ3v) is 7.76. The van der Waals surface area contributed by atoms with Crippen molar-refractivity contribution in [1.29, 1.82) is 0 Å². The maximum absolute atomic E-state index is 11.3. The van der Waals surface area contributed by atoms with Crippen molar-refractivity contribution in [2.75, 3.05) is 26.7 Å². The van der Waals surface area contributed by atoms with Gasteiger partial charge in [-0.05, 0) is 49.5 Å². The van der Waals surface area contributed by atoms with E-state index in [1.807, 2.05) is 6.92 Å². The van der Waals surface area contributed by atoms with Gasteiger partial charge in [0.1, 0.15) is 35.8 Å². The van der Waals surface area contributed by atoms with E-state index >= 15 is 0 Å². The fourth-order valence-corrected chi connectivity index (χ4v) is 5.79. The molecule has 3 aliphatic rings. The van der Waals surface area contributed by atoms with E-state index in [-0.39, 0.29) is 19.2 Å². The number of ether oxygens (including phenoxy) is 4. The number of halogens is 1. The molecule has 0 amide bonds. The Labute approximate surface area is 214 Å². The smallest absolute Gasteiger partial charge is 0.215 e. The normalized spacial score (nSPS) is 45.8. The number of nitrogens with one attached hydrogen (secondary N) is 2. The molecule has 1 aliphatic carbocycles. The molecule has 0 unspecified atom stereocenters. The number of nitrogens with two attached hydrogens (primary N) is 3. The van der Waals surface area contributed by atoms with Gasteiger partial charge in [-0.15, -0.1) is 0 Å². The van der Waals surface area contributed by atoms with Crippen LogP contribution in [0.4, 0.5) is 0 Å². The summed E-state index contributed by atoms with van der Waals surface area (Å²) in [4.78, 5) is 0. The first-order chi connectivity index (χ1) is 16.0. The van der Waals surface area contributed by atoms with Gasteiger partial charge in [-0.2, -0.15) is 0 Å². The molecule has 11 N–H and O–H groups in total. The van der Waals surface area contributed by atoms with E-state index in [1.54, 1.807) is 14.0 Å². The molecule has 2 heterocycles. The second kappa shape index (κ2) is 11.9. The summed E-state index contributed by atoms with van der Waals surface area (Å²) in [6, 6.07) is -1.97. The molecule has 0 spiro atoms. The molecule has 3 rings (SSSR count).